The smallest absolute Gasteiger partial charge is 0.211 e. The van der Waals surface area contributed by atoms with Crippen LogP contribution in [0.25, 0.3) is 0 Å². The standard InChI is InChI=1S/C13H12N2O2S2/c14-10-11-4-1-2-6-13(11)19(16,17)15-8-7-12-5-3-9-18-12/h1-6,9,15H,7-8H2. The van der Waals surface area contributed by atoms with Crippen molar-refractivity contribution in [2.24, 2.45) is 0 Å². The highest BCUT2D eigenvalue weighted by Crippen LogP contribution is 2.14. The first-order chi connectivity index (χ1) is 9.13. The van der Waals surface area contributed by atoms with E-state index >= 15 is 0 Å². The fourth-order valence-electron chi connectivity index (χ4n) is 1.63. The average molecular weight is 292 g/mol. The lowest BCUT2D eigenvalue weighted by Gasteiger charge is -2.07. The Kier molecular flexibility index (Phi) is 4.32. The number of sulfonamides is 1. The molecule has 19 heavy (non-hydrogen) atoms. The maximum Gasteiger partial charge on any atom is 0.241 e. The maximum atomic E-state index is 12.1. The van der Waals surface area contributed by atoms with Gasteiger partial charge in [0.25, 0.3) is 0 Å². The predicted molar refractivity (Wildman–Crippen MR) is 74.4 cm³/mol. The molecule has 0 saturated carbocycles. The summed E-state index contributed by atoms with van der Waals surface area (Å²) >= 11 is 1.59. The zero-order valence-corrected chi connectivity index (χ0v) is 11.7. The van der Waals surface area contributed by atoms with Crippen molar-refractivity contribution in [2.75, 3.05) is 6.54 Å². The Morgan fingerprint density at radius 2 is 2.00 bits per heavy atom. The van der Waals surface area contributed by atoms with E-state index in [-0.39, 0.29) is 10.5 Å². The van der Waals surface area contributed by atoms with Gasteiger partial charge in [-0.3, -0.25) is 0 Å². The van der Waals surface area contributed by atoms with E-state index in [2.05, 4.69) is 4.72 Å². The van der Waals surface area contributed by atoms with Gasteiger partial charge in [-0.2, -0.15) is 5.26 Å². The predicted octanol–water partition coefficient (Wildman–Crippen LogP) is 2.14. The Labute approximate surface area is 116 Å². The molecule has 0 atom stereocenters. The summed E-state index contributed by atoms with van der Waals surface area (Å²) in [7, 11) is -3.62. The van der Waals surface area contributed by atoms with E-state index in [1.165, 1.54) is 12.1 Å². The molecule has 0 bridgehead atoms. The summed E-state index contributed by atoms with van der Waals surface area (Å²) in [5.41, 5.74) is 0.158. The van der Waals surface area contributed by atoms with Gasteiger partial charge in [0.2, 0.25) is 10.0 Å². The molecule has 1 N–H and O–H groups in total. The Balaban J connectivity index is 2.08. The van der Waals surface area contributed by atoms with E-state index < -0.39 is 10.0 Å². The van der Waals surface area contributed by atoms with Crippen LogP contribution in [0.4, 0.5) is 0 Å². The van der Waals surface area contributed by atoms with Crippen molar-refractivity contribution in [3.63, 3.8) is 0 Å². The topological polar surface area (TPSA) is 70.0 Å². The van der Waals surface area contributed by atoms with E-state index in [9.17, 15) is 8.42 Å². The summed E-state index contributed by atoms with van der Waals surface area (Å²) in [5.74, 6) is 0. The quantitative estimate of drug-likeness (QED) is 0.918. The van der Waals surface area contributed by atoms with Gasteiger partial charge >= 0.3 is 0 Å². The molecule has 0 fully saturated rings. The minimum atomic E-state index is -3.62. The van der Waals surface area contributed by atoms with Crippen LogP contribution >= 0.6 is 11.3 Å². The Bertz CT molecular complexity index is 686. The first-order valence-electron chi connectivity index (χ1n) is 5.64. The van der Waals surface area contributed by atoms with Gasteiger partial charge in [-0.15, -0.1) is 11.3 Å². The molecule has 6 heteroatoms. The van der Waals surface area contributed by atoms with Crippen molar-refractivity contribution in [1.82, 2.24) is 4.72 Å². The third-order valence-corrected chi connectivity index (χ3v) is 5.00. The number of benzene rings is 1. The lowest BCUT2D eigenvalue weighted by atomic mass is 10.2. The van der Waals surface area contributed by atoms with Gasteiger partial charge in [-0.1, -0.05) is 18.2 Å². The monoisotopic (exact) mass is 292 g/mol. The zero-order valence-electron chi connectivity index (χ0n) is 10.0. The Morgan fingerprint density at radius 1 is 1.21 bits per heavy atom. The molecule has 0 aliphatic carbocycles. The average Bonchev–Trinajstić information content (AvgIpc) is 2.91. The van der Waals surface area contributed by atoms with Crippen molar-refractivity contribution in [1.29, 1.82) is 5.26 Å². The van der Waals surface area contributed by atoms with Crippen molar-refractivity contribution >= 4 is 21.4 Å². The van der Waals surface area contributed by atoms with E-state index in [1.807, 2.05) is 23.6 Å². The molecule has 0 saturated heterocycles. The molecular formula is C13H12N2O2S2. The minimum absolute atomic E-state index is 0.0312. The molecule has 4 nitrogen and oxygen atoms in total. The highest BCUT2D eigenvalue weighted by Gasteiger charge is 2.17. The number of rotatable bonds is 5. The lowest BCUT2D eigenvalue weighted by Crippen LogP contribution is -2.26. The van der Waals surface area contributed by atoms with E-state index in [0.717, 1.165) is 4.88 Å². The molecule has 0 amide bonds. The molecule has 1 aromatic heterocycles. The molecule has 0 spiro atoms. The highest BCUT2D eigenvalue weighted by molar-refractivity contribution is 7.89. The molecule has 0 radical (unpaired) electrons. The van der Waals surface area contributed by atoms with Crippen molar-refractivity contribution < 1.29 is 8.42 Å². The first-order valence-corrected chi connectivity index (χ1v) is 8.01. The van der Waals surface area contributed by atoms with E-state index in [4.69, 9.17) is 5.26 Å². The molecule has 98 valence electrons. The number of hydrogen-bond acceptors (Lipinski definition) is 4. The van der Waals surface area contributed by atoms with E-state index in [0.29, 0.717) is 13.0 Å². The van der Waals surface area contributed by atoms with Gasteiger partial charge in [0.15, 0.2) is 0 Å². The summed E-state index contributed by atoms with van der Waals surface area (Å²) in [6, 6.07) is 12.0. The van der Waals surface area contributed by atoms with Crippen LogP contribution in [0.3, 0.4) is 0 Å². The highest BCUT2D eigenvalue weighted by atomic mass is 32.2. The Hall–Kier alpha value is -1.68. The summed E-state index contributed by atoms with van der Waals surface area (Å²) < 4.78 is 26.7. The summed E-state index contributed by atoms with van der Waals surface area (Å²) in [5, 5.41) is 10.9. The van der Waals surface area contributed by atoms with Gasteiger partial charge in [0.1, 0.15) is 6.07 Å². The van der Waals surface area contributed by atoms with Crippen LogP contribution in [0.1, 0.15) is 10.4 Å². The molecule has 1 aromatic carbocycles. The summed E-state index contributed by atoms with van der Waals surface area (Å²) in [6.45, 7) is 0.322. The van der Waals surface area contributed by atoms with Crippen molar-refractivity contribution in [2.45, 2.75) is 11.3 Å². The van der Waals surface area contributed by atoms with Gasteiger partial charge in [-0.05, 0) is 30.0 Å². The Morgan fingerprint density at radius 3 is 2.68 bits per heavy atom. The third kappa shape index (κ3) is 3.41. The van der Waals surface area contributed by atoms with Crippen LogP contribution in [-0.4, -0.2) is 15.0 Å². The van der Waals surface area contributed by atoms with Crippen molar-refractivity contribution in [3.05, 3.63) is 52.2 Å². The van der Waals surface area contributed by atoms with Crippen molar-refractivity contribution in [3.8, 4) is 6.07 Å². The lowest BCUT2D eigenvalue weighted by molar-refractivity contribution is 0.581. The molecule has 2 rings (SSSR count). The first kappa shape index (κ1) is 13.7. The van der Waals surface area contributed by atoms with Crippen LogP contribution in [0.2, 0.25) is 0 Å². The molecule has 1 heterocycles. The fraction of sp³-hybridized carbons (Fsp3) is 0.154. The zero-order chi connectivity index (χ0) is 13.7. The van der Waals surface area contributed by atoms with Gasteiger partial charge in [-0.25, -0.2) is 13.1 Å². The third-order valence-electron chi connectivity index (χ3n) is 2.54. The normalized spacial score (nSPS) is 11.1. The second-order valence-electron chi connectivity index (χ2n) is 3.84. The maximum absolute atomic E-state index is 12.1. The van der Waals surface area contributed by atoms with Gasteiger partial charge < -0.3 is 0 Å². The number of nitriles is 1. The summed E-state index contributed by atoms with van der Waals surface area (Å²) in [6.07, 6.45) is 0.644. The number of nitrogens with zero attached hydrogens (tertiary/aromatic N) is 1. The van der Waals surface area contributed by atoms with Crippen LogP contribution in [-0.2, 0) is 16.4 Å². The minimum Gasteiger partial charge on any atom is -0.211 e. The number of hydrogen-bond donors (Lipinski definition) is 1. The number of nitrogens with one attached hydrogen (secondary N) is 1. The molecule has 0 aliphatic rings. The molecule has 0 aliphatic heterocycles. The van der Waals surface area contributed by atoms with Crippen LogP contribution < -0.4 is 4.72 Å². The summed E-state index contributed by atoms with van der Waals surface area (Å²) in [4.78, 5) is 1.15. The molecule has 2 aromatic rings. The fourth-order valence-corrected chi connectivity index (χ4v) is 3.53. The molecular weight excluding hydrogens is 280 g/mol. The van der Waals surface area contributed by atoms with Crippen LogP contribution in [0, 0.1) is 11.3 Å². The van der Waals surface area contributed by atoms with E-state index in [1.54, 1.807) is 23.5 Å². The second kappa shape index (κ2) is 5.97. The van der Waals surface area contributed by atoms with Gasteiger partial charge in [0, 0.05) is 11.4 Å². The largest absolute Gasteiger partial charge is 0.241 e. The van der Waals surface area contributed by atoms with Gasteiger partial charge in [0.05, 0.1) is 10.5 Å². The van der Waals surface area contributed by atoms with Crippen LogP contribution in [0.15, 0.2) is 46.7 Å². The van der Waals surface area contributed by atoms with Crippen LogP contribution in [0.5, 0.6) is 0 Å². The SMILES string of the molecule is N#Cc1ccccc1S(=O)(=O)NCCc1cccs1. The molecule has 0 unspecified atom stereocenters. The number of thiophene rings is 1. The second-order valence-corrected chi connectivity index (χ2v) is 6.60.